The molecule has 0 N–H and O–H groups in total. The Morgan fingerprint density at radius 2 is 1.59 bits per heavy atom. The van der Waals surface area contributed by atoms with E-state index in [1.807, 2.05) is 48.5 Å². The second kappa shape index (κ2) is 13.2. The molecule has 1 aliphatic heterocycles. The van der Waals surface area contributed by atoms with Crippen LogP contribution in [0.3, 0.4) is 0 Å². The van der Waals surface area contributed by atoms with Gasteiger partial charge >= 0.3 is 0 Å². The fourth-order valence-corrected chi connectivity index (χ4v) is 6.27. The van der Waals surface area contributed by atoms with Crippen LogP contribution >= 0.6 is 11.3 Å². The van der Waals surface area contributed by atoms with Crippen LogP contribution in [-0.4, -0.2) is 38.8 Å². The van der Waals surface area contributed by atoms with Gasteiger partial charge in [-0.2, -0.15) is 0 Å². The molecule has 0 bridgehead atoms. The average molecular weight is 615 g/mol. The van der Waals surface area contributed by atoms with Crippen molar-refractivity contribution < 1.29 is 28.5 Å². The maximum Gasteiger partial charge on any atom is 0.271 e. The van der Waals surface area contributed by atoms with Crippen molar-refractivity contribution in [2.24, 2.45) is 4.99 Å². The predicted octanol–water partition coefficient (Wildman–Crippen LogP) is 4.83. The first-order valence-corrected chi connectivity index (χ1v) is 14.9. The summed E-state index contributed by atoms with van der Waals surface area (Å²) < 4.78 is 30.3. The molecule has 0 radical (unpaired) electrons. The number of rotatable bonds is 11. The van der Waals surface area contributed by atoms with E-state index in [9.17, 15) is 9.59 Å². The molecule has 228 valence electrons. The third-order valence-electron chi connectivity index (χ3n) is 7.37. The first kappa shape index (κ1) is 30.6. The van der Waals surface area contributed by atoms with Crippen molar-refractivity contribution in [3.8, 4) is 28.7 Å². The van der Waals surface area contributed by atoms with E-state index in [0.29, 0.717) is 61.5 Å². The molecule has 0 fully saturated rings. The van der Waals surface area contributed by atoms with Gasteiger partial charge in [-0.15, -0.1) is 0 Å². The van der Waals surface area contributed by atoms with Crippen molar-refractivity contribution in [3.05, 3.63) is 108 Å². The number of hydrogen-bond acceptors (Lipinski definition) is 9. The molecule has 5 rings (SSSR count). The Bertz CT molecular complexity index is 1880. The normalized spacial score (nSPS) is 14.5. The van der Waals surface area contributed by atoms with Gasteiger partial charge in [-0.1, -0.05) is 54.7 Å². The molecular weight excluding hydrogens is 580 g/mol. The zero-order chi connectivity index (χ0) is 31.4. The van der Waals surface area contributed by atoms with E-state index in [4.69, 9.17) is 28.7 Å². The van der Waals surface area contributed by atoms with E-state index in [-0.39, 0.29) is 17.8 Å². The second-order valence-corrected chi connectivity index (χ2v) is 11.0. The minimum Gasteiger partial charge on any atom is -0.493 e. The van der Waals surface area contributed by atoms with E-state index in [0.717, 1.165) is 11.1 Å². The highest BCUT2D eigenvalue weighted by atomic mass is 32.1. The lowest BCUT2D eigenvalue weighted by Crippen LogP contribution is -2.39. The molecule has 0 saturated heterocycles. The smallest absolute Gasteiger partial charge is 0.271 e. The molecule has 4 aromatic rings. The first-order valence-electron chi connectivity index (χ1n) is 14.0. The molecular formula is C34H34N2O7S. The molecule has 3 aromatic carbocycles. The van der Waals surface area contributed by atoms with E-state index in [2.05, 4.69) is 0 Å². The van der Waals surface area contributed by atoms with Gasteiger partial charge in [-0.05, 0) is 54.0 Å². The van der Waals surface area contributed by atoms with Crippen molar-refractivity contribution in [1.82, 2.24) is 4.57 Å². The van der Waals surface area contributed by atoms with Gasteiger partial charge in [0.25, 0.3) is 5.56 Å². The Kier molecular flexibility index (Phi) is 9.20. The minimum absolute atomic E-state index is 0.102. The number of aromatic nitrogens is 1. The first-order chi connectivity index (χ1) is 21.3. The maximum absolute atomic E-state index is 14.1. The molecule has 10 heteroatoms. The van der Waals surface area contributed by atoms with E-state index in [1.54, 1.807) is 43.7 Å². The van der Waals surface area contributed by atoms with Gasteiger partial charge in [-0.25, -0.2) is 4.99 Å². The van der Waals surface area contributed by atoms with Gasteiger partial charge in [0.15, 0.2) is 33.6 Å². The highest BCUT2D eigenvalue weighted by Gasteiger charge is 2.33. The van der Waals surface area contributed by atoms with Gasteiger partial charge in [0.2, 0.25) is 5.75 Å². The summed E-state index contributed by atoms with van der Waals surface area (Å²) in [7, 11) is 6.15. The van der Waals surface area contributed by atoms with Gasteiger partial charge in [-0.3, -0.25) is 14.2 Å². The summed E-state index contributed by atoms with van der Waals surface area (Å²) in [4.78, 5) is 32.6. The van der Waals surface area contributed by atoms with Gasteiger partial charge in [0.1, 0.15) is 6.61 Å². The Hall–Kier alpha value is -4.83. The number of nitrogens with zero attached hydrogens (tertiary/aromatic N) is 2. The number of carbonyl (C=O) groups excluding carboxylic acids is 1. The van der Waals surface area contributed by atoms with Gasteiger partial charge < -0.3 is 23.7 Å². The SMILES string of the molecule is CCC(=O)C1=C(C)N=c2s/c(=C\c3ccc(OCc4ccccc4)c(OC)c3)c(=O)n2C1c1cc(OC)c(OC)c(OC)c1. The van der Waals surface area contributed by atoms with Crippen LogP contribution in [0.5, 0.6) is 28.7 Å². The van der Waals surface area contributed by atoms with Crippen LogP contribution in [0.4, 0.5) is 0 Å². The molecule has 44 heavy (non-hydrogen) atoms. The number of thiazole rings is 1. The number of hydrogen-bond donors (Lipinski definition) is 0. The van der Waals surface area contributed by atoms with Crippen molar-refractivity contribution in [2.45, 2.75) is 32.9 Å². The zero-order valence-corrected chi connectivity index (χ0v) is 26.3. The number of ether oxygens (including phenoxy) is 5. The summed E-state index contributed by atoms with van der Waals surface area (Å²) in [6.07, 6.45) is 2.05. The Morgan fingerprint density at radius 3 is 2.20 bits per heavy atom. The number of fused-ring (bicyclic) bond motifs is 1. The largest absolute Gasteiger partial charge is 0.493 e. The van der Waals surface area contributed by atoms with Crippen LogP contribution in [0.2, 0.25) is 0 Å². The number of methoxy groups -OCH3 is 4. The van der Waals surface area contributed by atoms with E-state index in [1.165, 1.54) is 32.7 Å². The quantitative estimate of drug-likeness (QED) is 0.239. The number of carbonyl (C=O) groups is 1. The lowest BCUT2D eigenvalue weighted by molar-refractivity contribution is -0.115. The number of Topliss-reactive ketones (excluding diaryl/α,β-unsaturated/α-hetero) is 1. The van der Waals surface area contributed by atoms with Gasteiger partial charge in [0, 0.05) is 17.7 Å². The van der Waals surface area contributed by atoms with Crippen LogP contribution in [0, 0.1) is 0 Å². The number of ketones is 1. The average Bonchev–Trinajstić information content (AvgIpc) is 3.36. The van der Waals surface area contributed by atoms with Crippen molar-refractivity contribution in [1.29, 1.82) is 0 Å². The number of allylic oxidation sites excluding steroid dienone is 2. The molecule has 1 aromatic heterocycles. The molecule has 0 aliphatic carbocycles. The summed E-state index contributed by atoms with van der Waals surface area (Å²) in [5.41, 5.74) is 3.17. The van der Waals surface area contributed by atoms with Crippen molar-refractivity contribution in [2.75, 3.05) is 28.4 Å². The number of benzene rings is 3. The molecule has 1 aliphatic rings. The topological polar surface area (TPSA) is 97.6 Å². The van der Waals surface area contributed by atoms with Crippen molar-refractivity contribution in [3.63, 3.8) is 0 Å². The zero-order valence-electron chi connectivity index (χ0n) is 25.5. The summed E-state index contributed by atoms with van der Waals surface area (Å²) in [6, 6.07) is 18.2. The fraction of sp³-hybridized carbons (Fsp3) is 0.265. The molecule has 1 atom stereocenters. The molecule has 2 heterocycles. The predicted molar refractivity (Wildman–Crippen MR) is 169 cm³/mol. The summed E-state index contributed by atoms with van der Waals surface area (Å²) in [5, 5.41) is 0. The minimum atomic E-state index is -0.738. The Morgan fingerprint density at radius 1 is 0.909 bits per heavy atom. The lowest BCUT2D eigenvalue weighted by atomic mass is 9.91. The Labute approximate surface area is 259 Å². The second-order valence-electron chi connectivity index (χ2n) is 10.0. The van der Waals surface area contributed by atoms with Crippen LogP contribution in [-0.2, 0) is 11.4 Å². The Balaban J connectivity index is 1.61. The summed E-state index contributed by atoms with van der Waals surface area (Å²) in [5.74, 6) is 2.29. The fourth-order valence-electron chi connectivity index (χ4n) is 5.22. The van der Waals surface area contributed by atoms with Crippen LogP contribution in [0.15, 0.2) is 81.7 Å². The van der Waals surface area contributed by atoms with E-state index < -0.39 is 6.04 Å². The third-order valence-corrected chi connectivity index (χ3v) is 8.35. The molecule has 9 nitrogen and oxygen atoms in total. The summed E-state index contributed by atoms with van der Waals surface area (Å²) >= 11 is 1.26. The molecule has 0 spiro atoms. The van der Waals surface area contributed by atoms with Gasteiger partial charge in [0.05, 0.1) is 39.0 Å². The monoisotopic (exact) mass is 614 g/mol. The molecule has 0 saturated carbocycles. The highest BCUT2D eigenvalue weighted by molar-refractivity contribution is 7.07. The third kappa shape index (κ3) is 5.85. The highest BCUT2D eigenvalue weighted by Crippen LogP contribution is 2.42. The van der Waals surface area contributed by atoms with Crippen LogP contribution in [0.1, 0.15) is 43.0 Å². The van der Waals surface area contributed by atoms with Crippen LogP contribution < -0.4 is 38.6 Å². The molecule has 0 amide bonds. The van der Waals surface area contributed by atoms with E-state index >= 15 is 0 Å². The maximum atomic E-state index is 14.1. The standard InChI is InChI=1S/C34H34N2O7S/c1-7-24(37)30-20(2)35-34-36(31(30)23-17-27(40-4)32(42-6)28(18-23)41-5)33(38)29(44-34)16-22-13-14-25(26(15-22)39-3)43-19-21-11-9-8-10-12-21/h8-18,31H,7,19H2,1-6H3/b29-16-. The summed E-state index contributed by atoms with van der Waals surface area (Å²) in [6.45, 7) is 3.98. The van der Waals surface area contributed by atoms with Crippen LogP contribution in [0.25, 0.3) is 6.08 Å². The lowest BCUT2D eigenvalue weighted by Gasteiger charge is -2.26. The molecule has 1 unspecified atom stereocenters. The van der Waals surface area contributed by atoms with Crippen molar-refractivity contribution >= 4 is 23.2 Å².